The summed E-state index contributed by atoms with van der Waals surface area (Å²) in [5.74, 6) is 4.92. The smallest absolute Gasteiger partial charge is 0.298 e. The standard InChI is InChI=1S/C11H9F3N2OS/c12-11(13,14)8-3-1-7(2-4-8)10-16-9(5-17-15)6-18-10/h1-4,6H,5,15H2. The van der Waals surface area contributed by atoms with Gasteiger partial charge >= 0.3 is 6.18 Å². The highest BCUT2D eigenvalue weighted by molar-refractivity contribution is 7.13. The molecule has 0 radical (unpaired) electrons. The van der Waals surface area contributed by atoms with Gasteiger partial charge in [0, 0.05) is 10.9 Å². The van der Waals surface area contributed by atoms with Crippen LogP contribution in [0.5, 0.6) is 0 Å². The molecule has 1 aromatic heterocycles. The maximum atomic E-state index is 12.4. The minimum atomic E-state index is -4.32. The molecular formula is C11H9F3N2OS. The van der Waals surface area contributed by atoms with Crippen molar-refractivity contribution in [3.63, 3.8) is 0 Å². The van der Waals surface area contributed by atoms with E-state index in [1.165, 1.54) is 23.5 Å². The highest BCUT2D eigenvalue weighted by atomic mass is 32.1. The van der Waals surface area contributed by atoms with E-state index in [-0.39, 0.29) is 6.61 Å². The molecule has 2 rings (SSSR count). The Morgan fingerprint density at radius 2 is 1.89 bits per heavy atom. The van der Waals surface area contributed by atoms with Crippen LogP contribution in [0, 0.1) is 0 Å². The highest BCUT2D eigenvalue weighted by Crippen LogP contribution is 2.31. The van der Waals surface area contributed by atoms with Crippen LogP contribution < -0.4 is 5.90 Å². The van der Waals surface area contributed by atoms with Crippen LogP contribution in [0.25, 0.3) is 10.6 Å². The van der Waals surface area contributed by atoms with Crippen LogP contribution in [0.15, 0.2) is 29.6 Å². The first-order valence-electron chi connectivity index (χ1n) is 4.94. The van der Waals surface area contributed by atoms with Crippen LogP contribution >= 0.6 is 11.3 Å². The molecule has 0 aliphatic heterocycles. The van der Waals surface area contributed by atoms with Crippen molar-refractivity contribution in [2.24, 2.45) is 5.90 Å². The van der Waals surface area contributed by atoms with Crippen molar-refractivity contribution in [1.29, 1.82) is 0 Å². The van der Waals surface area contributed by atoms with Crippen molar-refractivity contribution >= 4 is 11.3 Å². The van der Waals surface area contributed by atoms with Gasteiger partial charge < -0.3 is 0 Å². The third-order valence-corrected chi connectivity index (χ3v) is 3.18. The van der Waals surface area contributed by atoms with Crippen LogP contribution in [-0.2, 0) is 17.6 Å². The second-order valence-corrected chi connectivity index (χ2v) is 4.39. The molecule has 2 N–H and O–H groups in total. The third-order valence-electron chi connectivity index (χ3n) is 2.24. The number of benzene rings is 1. The van der Waals surface area contributed by atoms with E-state index in [1.807, 2.05) is 0 Å². The summed E-state index contributed by atoms with van der Waals surface area (Å²) < 4.78 is 37.1. The van der Waals surface area contributed by atoms with E-state index in [0.29, 0.717) is 16.3 Å². The lowest BCUT2D eigenvalue weighted by Gasteiger charge is -2.06. The van der Waals surface area contributed by atoms with Gasteiger partial charge in [-0.3, -0.25) is 4.84 Å². The Morgan fingerprint density at radius 1 is 1.22 bits per heavy atom. The highest BCUT2D eigenvalue weighted by Gasteiger charge is 2.30. The number of hydrogen-bond donors (Lipinski definition) is 1. The van der Waals surface area contributed by atoms with E-state index < -0.39 is 11.7 Å². The lowest BCUT2D eigenvalue weighted by molar-refractivity contribution is -0.137. The van der Waals surface area contributed by atoms with Gasteiger partial charge in [-0.25, -0.2) is 10.9 Å². The van der Waals surface area contributed by atoms with E-state index in [1.54, 1.807) is 5.38 Å². The molecule has 0 bridgehead atoms. The van der Waals surface area contributed by atoms with Gasteiger partial charge in [-0.05, 0) is 12.1 Å². The van der Waals surface area contributed by atoms with Crippen LogP contribution in [-0.4, -0.2) is 4.98 Å². The van der Waals surface area contributed by atoms with E-state index in [4.69, 9.17) is 5.90 Å². The van der Waals surface area contributed by atoms with Crippen LogP contribution in [0.1, 0.15) is 11.3 Å². The fourth-order valence-corrected chi connectivity index (χ4v) is 2.20. The van der Waals surface area contributed by atoms with Crippen molar-refractivity contribution in [1.82, 2.24) is 4.98 Å². The fraction of sp³-hybridized carbons (Fsp3) is 0.182. The van der Waals surface area contributed by atoms with E-state index >= 15 is 0 Å². The number of nitrogens with zero attached hydrogens (tertiary/aromatic N) is 1. The largest absolute Gasteiger partial charge is 0.416 e. The Hall–Kier alpha value is -1.44. The summed E-state index contributed by atoms with van der Waals surface area (Å²) in [6, 6.07) is 4.87. The van der Waals surface area contributed by atoms with Crippen LogP contribution in [0.3, 0.4) is 0 Å². The first-order chi connectivity index (χ1) is 8.50. The van der Waals surface area contributed by atoms with Crippen LogP contribution in [0.4, 0.5) is 13.2 Å². The molecular weight excluding hydrogens is 265 g/mol. The first-order valence-corrected chi connectivity index (χ1v) is 5.82. The van der Waals surface area contributed by atoms with Gasteiger partial charge in [-0.2, -0.15) is 13.2 Å². The second-order valence-electron chi connectivity index (χ2n) is 3.53. The summed E-state index contributed by atoms with van der Waals surface area (Å²) >= 11 is 1.33. The molecule has 0 fully saturated rings. The number of hydrogen-bond acceptors (Lipinski definition) is 4. The first kappa shape index (κ1) is 13.0. The summed E-state index contributed by atoms with van der Waals surface area (Å²) in [6.07, 6.45) is -4.32. The van der Waals surface area contributed by atoms with Gasteiger partial charge in [0.25, 0.3) is 0 Å². The zero-order valence-corrected chi connectivity index (χ0v) is 9.89. The summed E-state index contributed by atoms with van der Waals surface area (Å²) in [4.78, 5) is 8.63. The molecule has 7 heteroatoms. The van der Waals surface area contributed by atoms with E-state index in [0.717, 1.165) is 12.1 Å². The maximum absolute atomic E-state index is 12.4. The van der Waals surface area contributed by atoms with Crippen molar-refractivity contribution in [2.45, 2.75) is 12.8 Å². The van der Waals surface area contributed by atoms with Gasteiger partial charge in [0.15, 0.2) is 0 Å². The second kappa shape index (κ2) is 5.05. The molecule has 0 aliphatic carbocycles. The van der Waals surface area contributed by atoms with E-state index in [9.17, 15) is 13.2 Å². The predicted molar refractivity (Wildman–Crippen MR) is 61.5 cm³/mol. The number of aromatic nitrogens is 1. The number of nitrogens with two attached hydrogens (primary N) is 1. The molecule has 1 heterocycles. The lowest BCUT2D eigenvalue weighted by Crippen LogP contribution is -2.04. The average molecular weight is 274 g/mol. The SMILES string of the molecule is NOCc1csc(-c2ccc(C(F)(F)F)cc2)n1. The van der Waals surface area contributed by atoms with Crippen molar-refractivity contribution in [3.05, 3.63) is 40.9 Å². The van der Waals surface area contributed by atoms with Gasteiger partial charge in [0.05, 0.1) is 11.3 Å². The third kappa shape index (κ3) is 2.87. The van der Waals surface area contributed by atoms with Crippen molar-refractivity contribution in [2.75, 3.05) is 0 Å². The number of halogens is 3. The maximum Gasteiger partial charge on any atom is 0.416 e. The molecule has 18 heavy (non-hydrogen) atoms. The lowest BCUT2D eigenvalue weighted by atomic mass is 10.1. The number of thiazole rings is 1. The molecule has 0 saturated heterocycles. The molecule has 0 saturated carbocycles. The molecule has 2 aromatic rings. The summed E-state index contributed by atoms with van der Waals surface area (Å²) in [5, 5.41) is 2.38. The Morgan fingerprint density at radius 3 is 2.44 bits per heavy atom. The Bertz CT molecular complexity index is 522. The molecule has 96 valence electrons. The number of alkyl halides is 3. The molecule has 0 unspecified atom stereocenters. The monoisotopic (exact) mass is 274 g/mol. The van der Waals surface area contributed by atoms with Gasteiger partial charge in [0.2, 0.25) is 0 Å². The molecule has 3 nitrogen and oxygen atoms in total. The molecule has 0 atom stereocenters. The van der Waals surface area contributed by atoms with Gasteiger partial charge in [-0.15, -0.1) is 11.3 Å². The summed E-state index contributed by atoms with van der Waals surface area (Å²) in [6.45, 7) is 0.178. The Balaban J connectivity index is 2.23. The van der Waals surface area contributed by atoms with Crippen molar-refractivity contribution < 1.29 is 18.0 Å². The Kier molecular flexibility index (Phi) is 3.65. The summed E-state index contributed by atoms with van der Waals surface area (Å²) in [7, 11) is 0. The molecule has 0 aliphatic rings. The average Bonchev–Trinajstić information content (AvgIpc) is 2.77. The topological polar surface area (TPSA) is 48.1 Å². The zero-order valence-electron chi connectivity index (χ0n) is 9.07. The molecule has 1 aromatic carbocycles. The number of rotatable bonds is 3. The molecule has 0 spiro atoms. The quantitative estimate of drug-likeness (QED) is 0.874. The van der Waals surface area contributed by atoms with Gasteiger partial charge in [-0.1, -0.05) is 12.1 Å². The van der Waals surface area contributed by atoms with E-state index in [2.05, 4.69) is 9.82 Å². The minimum Gasteiger partial charge on any atom is -0.298 e. The minimum absolute atomic E-state index is 0.178. The predicted octanol–water partition coefficient (Wildman–Crippen LogP) is 3.22. The normalized spacial score (nSPS) is 11.8. The summed E-state index contributed by atoms with van der Waals surface area (Å²) in [5.41, 5.74) is 0.613. The van der Waals surface area contributed by atoms with Gasteiger partial charge in [0.1, 0.15) is 11.6 Å². The van der Waals surface area contributed by atoms with Crippen LogP contribution in [0.2, 0.25) is 0 Å². The Labute approximate surface area is 105 Å². The fourth-order valence-electron chi connectivity index (χ4n) is 1.39. The van der Waals surface area contributed by atoms with Crippen molar-refractivity contribution in [3.8, 4) is 10.6 Å². The molecule has 0 amide bonds. The zero-order chi connectivity index (χ0) is 13.2.